The molecule has 2 heteroatoms. The molecule has 1 fully saturated rings. The van der Waals surface area contributed by atoms with Gasteiger partial charge in [-0.1, -0.05) is 37.3 Å². The van der Waals surface area contributed by atoms with Gasteiger partial charge in [0.05, 0.1) is 12.2 Å². The number of hydrogen-bond acceptors (Lipinski definition) is 2. The van der Waals surface area contributed by atoms with Gasteiger partial charge in [-0.2, -0.15) is 0 Å². The number of rotatable bonds is 2. The van der Waals surface area contributed by atoms with Gasteiger partial charge in [-0.05, 0) is 19.0 Å². The minimum Gasteiger partial charge on any atom is -0.368 e. The molecule has 0 radical (unpaired) electrons. The Morgan fingerprint density at radius 2 is 2.00 bits per heavy atom. The summed E-state index contributed by atoms with van der Waals surface area (Å²) < 4.78 is 5.96. The summed E-state index contributed by atoms with van der Waals surface area (Å²) in [5.41, 5.74) is 1.29. The van der Waals surface area contributed by atoms with Crippen molar-refractivity contribution in [1.82, 2.24) is 4.90 Å². The fourth-order valence-corrected chi connectivity index (χ4v) is 2.15. The topological polar surface area (TPSA) is 12.5 Å². The van der Waals surface area contributed by atoms with Crippen molar-refractivity contribution in [3.8, 4) is 0 Å². The van der Waals surface area contributed by atoms with Gasteiger partial charge in [-0.25, -0.2) is 0 Å². The summed E-state index contributed by atoms with van der Waals surface area (Å²) >= 11 is 0. The molecule has 1 saturated heterocycles. The predicted molar refractivity (Wildman–Crippen MR) is 61.8 cm³/mol. The number of ether oxygens (including phenoxy) is 1. The summed E-state index contributed by atoms with van der Waals surface area (Å²) in [7, 11) is 0. The summed E-state index contributed by atoms with van der Waals surface area (Å²) in [4.78, 5) is 2.45. The maximum absolute atomic E-state index is 5.96. The van der Waals surface area contributed by atoms with Gasteiger partial charge in [0.2, 0.25) is 0 Å². The number of likely N-dealkylation sites (N-methyl/N-ethyl adjacent to an activating group) is 1. The molecular weight excluding hydrogens is 186 g/mol. The van der Waals surface area contributed by atoms with Gasteiger partial charge in [0.1, 0.15) is 0 Å². The van der Waals surface area contributed by atoms with Crippen LogP contribution in [-0.4, -0.2) is 30.6 Å². The van der Waals surface area contributed by atoms with Crippen molar-refractivity contribution < 1.29 is 4.74 Å². The van der Waals surface area contributed by atoms with Gasteiger partial charge in [-0.3, -0.25) is 4.90 Å². The highest BCUT2D eigenvalue weighted by Crippen LogP contribution is 2.24. The first-order valence-corrected chi connectivity index (χ1v) is 5.72. The van der Waals surface area contributed by atoms with E-state index in [9.17, 15) is 0 Å². The lowest BCUT2D eigenvalue weighted by molar-refractivity contribution is -0.0774. The number of hydrogen-bond donors (Lipinski definition) is 0. The first-order valence-electron chi connectivity index (χ1n) is 5.72. The van der Waals surface area contributed by atoms with Crippen LogP contribution in [0.2, 0.25) is 0 Å². The smallest absolute Gasteiger partial charge is 0.0956 e. The monoisotopic (exact) mass is 205 g/mol. The molecule has 82 valence electrons. The van der Waals surface area contributed by atoms with Crippen molar-refractivity contribution in [3.63, 3.8) is 0 Å². The lowest BCUT2D eigenvalue weighted by atomic mass is 10.1. The molecule has 0 amide bonds. The van der Waals surface area contributed by atoms with Gasteiger partial charge in [0, 0.05) is 13.1 Å². The Kier molecular flexibility index (Phi) is 3.39. The molecule has 2 nitrogen and oxygen atoms in total. The third-order valence-electron chi connectivity index (χ3n) is 2.95. The second-order valence-corrected chi connectivity index (χ2v) is 4.20. The van der Waals surface area contributed by atoms with Crippen molar-refractivity contribution in [2.75, 3.05) is 19.6 Å². The van der Waals surface area contributed by atoms with Crippen LogP contribution in [0.5, 0.6) is 0 Å². The Morgan fingerprint density at radius 1 is 1.27 bits per heavy atom. The number of nitrogens with zero attached hydrogens (tertiary/aromatic N) is 1. The van der Waals surface area contributed by atoms with Crippen molar-refractivity contribution in [3.05, 3.63) is 35.9 Å². The van der Waals surface area contributed by atoms with Crippen LogP contribution in [0.4, 0.5) is 0 Å². The van der Waals surface area contributed by atoms with Gasteiger partial charge >= 0.3 is 0 Å². The van der Waals surface area contributed by atoms with Crippen LogP contribution in [0, 0.1) is 0 Å². The second kappa shape index (κ2) is 4.77. The molecule has 0 aliphatic carbocycles. The van der Waals surface area contributed by atoms with E-state index in [2.05, 4.69) is 43.0 Å². The van der Waals surface area contributed by atoms with Crippen LogP contribution in [-0.2, 0) is 4.74 Å². The maximum Gasteiger partial charge on any atom is 0.0956 e. The van der Waals surface area contributed by atoms with Gasteiger partial charge in [0.15, 0.2) is 0 Å². The Labute approximate surface area is 91.9 Å². The Hall–Kier alpha value is -0.860. The van der Waals surface area contributed by atoms with E-state index in [0.29, 0.717) is 6.10 Å². The summed E-state index contributed by atoms with van der Waals surface area (Å²) in [5.74, 6) is 0. The highest BCUT2D eigenvalue weighted by Gasteiger charge is 2.24. The zero-order valence-electron chi connectivity index (χ0n) is 9.52. The fraction of sp³-hybridized carbons (Fsp3) is 0.538. The third kappa shape index (κ3) is 2.58. The quantitative estimate of drug-likeness (QED) is 0.735. The van der Waals surface area contributed by atoms with E-state index in [4.69, 9.17) is 4.74 Å². The average Bonchev–Trinajstić information content (AvgIpc) is 2.29. The molecular formula is C13H19NO. The molecule has 1 aromatic rings. The molecule has 0 N–H and O–H groups in total. The minimum atomic E-state index is 0.245. The largest absolute Gasteiger partial charge is 0.368 e. The lowest BCUT2D eigenvalue weighted by Crippen LogP contribution is -2.42. The molecule has 0 unspecified atom stereocenters. The highest BCUT2D eigenvalue weighted by molar-refractivity contribution is 5.18. The van der Waals surface area contributed by atoms with Crippen LogP contribution in [0.1, 0.15) is 25.5 Å². The molecule has 0 saturated carbocycles. The van der Waals surface area contributed by atoms with E-state index in [1.807, 2.05) is 6.07 Å². The van der Waals surface area contributed by atoms with Crippen LogP contribution in [0.25, 0.3) is 0 Å². The Balaban J connectivity index is 2.09. The molecule has 1 aliphatic rings. The van der Waals surface area contributed by atoms with Gasteiger partial charge in [0.25, 0.3) is 0 Å². The molecule has 2 rings (SSSR count). The predicted octanol–water partition coefficient (Wildman–Crippen LogP) is 2.47. The molecule has 0 aromatic heterocycles. The van der Waals surface area contributed by atoms with Crippen LogP contribution >= 0.6 is 0 Å². The van der Waals surface area contributed by atoms with Crippen molar-refractivity contribution in [2.24, 2.45) is 0 Å². The minimum absolute atomic E-state index is 0.245. The first kappa shape index (κ1) is 10.7. The second-order valence-electron chi connectivity index (χ2n) is 4.20. The molecule has 0 spiro atoms. The van der Waals surface area contributed by atoms with Gasteiger partial charge in [-0.15, -0.1) is 0 Å². The summed E-state index contributed by atoms with van der Waals surface area (Å²) in [5, 5.41) is 0. The normalized spacial score (nSPS) is 27.9. The van der Waals surface area contributed by atoms with Crippen LogP contribution < -0.4 is 0 Å². The van der Waals surface area contributed by atoms with Crippen LogP contribution in [0.3, 0.4) is 0 Å². The molecule has 1 heterocycles. The van der Waals surface area contributed by atoms with Crippen molar-refractivity contribution in [2.45, 2.75) is 26.1 Å². The van der Waals surface area contributed by atoms with Crippen molar-refractivity contribution >= 4 is 0 Å². The van der Waals surface area contributed by atoms with E-state index in [1.165, 1.54) is 5.56 Å². The highest BCUT2D eigenvalue weighted by atomic mass is 16.5. The first-order chi connectivity index (χ1) is 7.29. The van der Waals surface area contributed by atoms with Crippen LogP contribution in [0.15, 0.2) is 30.3 Å². The third-order valence-corrected chi connectivity index (χ3v) is 2.95. The van der Waals surface area contributed by atoms with E-state index in [0.717, 1.165) is 19.6 Å². The Bertz CT molecular complexity index is 299. The molecule has 1 aliphatic heterocycles. The molecule has 0 bridgehead atoms. The molecule has 1 aromatic carbocycles. The maximum atomic E-state index is 5.96. The fourth-order valence-electron chi connectivity index (χ4n) is 2.15. The zero-order chi connectivity index (χ0) is 10.7. The SMILES string of the molecule is CCN1C[C@@H](C)O[C@H](c2ccccc2)C1. The standard InChI is InChI=1S/C13H19NO/c1-3-14-9-11(2)15-13(10-14)12-7-5-4-6-8-12/h4-8,11,13H,3,9-10H2,1-2H3/t11-,13+/m1/s1. The lowest BCUT2D eigenvalue weighted by Gasteiger charge is -2.36. The molecule has 15 heavy (non-hydrogen) atoms. The zero-order valence-corrected chi connectivity index (χ0v) is 9.52. The van der Waals surface area contributed by atoms with E-state index >= 15 is 0 Å². The summed E-state index contributed by atoms with van der Waals surface area (Å²) in [6, 6.07) is 10.5. The summed E-state index contributed by atoms with van der Waals surface area (Å²) in [6.45, 7) is 7.54. The van der Waals surface area contributed by atoms with E-state index in [1.54, 1.807) is 0 Å². The Morgan fingerprint density at radius 3 is 2.67 bits per heavy atom. The van der Waals surface area contributed by atoms with E-state index < -0.39 is 0 Å². The van der Waals surface area contributed by atoms with Crippen molar-refractivity contribution in [1.29, 1.82) is 0 Å². The summed E-state index contributed by atoms with van der Waals surface area (Å²) in [6.07, 6.45) is 0.582. The average molecular weight is 205 g/mol. The molecule has 2 atom stereocenters. The van der Waals surface area contributed by atoms with Gasteiger partial charge < -0.3 is 4.74 Å². The number of benzene rings is 1. The van der Waals surface area contributed by atoms with E-state index in [-0.39, 0.29) is 6.10 Å². The number of morpholine rings is 1.